The Morgan fingerprint density at radius 1 is 1.19 bits per heavy atom. The third kappa shape index (κ3) is 3.55. The van der Waals surface area contributed by atoms with Gasteiger partial charge in [-0.25, -0.2) is 13.6 Å². The Bertz CT molecular complexity index is 576. The average molecular weight is 311 g/mol. The fourth-order valence-corrected chi connectivity index (χ4v) is 3.67. The molecule has 0 unspecified atom stereocenters. The molecule has 2 fully saturated rings. The van der Waals surface area contributed by atoms with Crippen LogP contribution in [0.5, 0.6) is 5.75 Å². The van der Waals surface area contributed by atoms with Crippen molar-refractivity contribution in [3.8, 4) is 5.75 Å². The molecule has 21 heavy (non-hydrogen) atoms. The topological polar surface area (TPSA) is 84.7 Å². The van der Waals surface area contributed by atoms with E-state index in [4.69, 9.17) is 9.88 Å². The van der Waals surface area contributed by atoms with Gasteiger partial charge in [-0.05, 0) is 49.2 Å². The van der Waals surface area contributed by atoms with Crippen LogP contribution in [0.3, 0.4) is 0 Å². The van der Waals surface area contributed by atoms with Crippen LogP contribution < -0.4 is 15.2 Å². The monoisotopic (exact) mass is 311 g/mol. The molecule has 0 radical (unpaired) electrons. The lowest BCUT2D eigenvalue weighted by molar-refractivity contribution is 0.228. The number of hydrogen-bond acceptors (Lipinski definition) is 5. The van der Waals surface area contributed by atoms with Crippen molar-refractivity contribution >= 4 is 10.0 Å². The minimum atomic E-state index is -3.63. The Morgan fingerprint density at radius 2 is 1.81 bits per heavy atom. The van der Waals surface area contributed by atoms with E-state index in [1.165, 1.54) is 12.1 Å². The van der Waals surface area contributed by atoms with Crippen LogP contribution in [0.4, 0.5) is 0 Å². The van der Waals surface area contributed by atoms with E-state index in [0.29, 0.717) is 12.4 Å². The molecule has 1 aromatic carbocycles. The van der Waals surface area contributed by atoms with Crippen molar-refractivity contribution in [1.29, 1.82) is 0 Å². The number of nitrogens with two attached hydrogens (primary N) is 1. The van der Waals surface area contributed by atoms with Crippen molar-refractivity contribution in [1.82, 2.24) is 10.2 Å². The lowest BCUT2D eigenvalue weighted by Crippen LogP contribution is -2.29. The first-order valence-corrected chi connectivity index (χ1v) is 8.76. The summed E-state index contributed by atoms with van der Waals surface area (Å²) in [6.07, 6.45) is 0. The number of likely N-dealkylation sites (tertiary alicyclic amines) is 1. The van der Waals surface area contributed by atoms with Gasteiger partial charge in [0.2, 0.25) is 10.0 Å². The SMILES string of the molecule is NS(=O)(=O)c1ccc(OCCN2C[C@H]3CNC[C@H]3C2)cc1. The summed E-state index contributed by atoms with van der Waals surface area (Å²) >= 11 is 0. The van der Waals surface area contributed by atoms with Crippen LogP contribution in [-0.4, -0.2) is 52.6 Å². The van der Waals surface area contributed by atoms with E-state index in [1.54, 1.807) is 12.1 Å². The van der Waals surface area contributed by atoms with Gasteiger partial charge in [0.25, 0.3) is 0 Å². The zero-order valence-electron chi connectivity index (χ0n) is 11.9. The van der Waals surface area contributed by atoms with Gasteiger partial charge < -0.3 is 10.1 Å². The molecule has 0 amide bonds. The lowest BCUT2D eigenvalue weighted by Gasteiger charge is -2.17. The zero-order chi connectivity index (χ0) is 14.9. The predicted octanol–water partition coefficient (Wildman–Crippen LogP) is -0.136. The molecule has 116 valence electrons. The fraction of sp³-hybridized carbons (Fsp3) is 0.571. The van der Waals surface area contributed by atoms with Crippen molar-refractivity contribution in [3.63, 3.8) is 0 Å². The minimum Gasteiger partial charge on any atom is -0.492 e. The molecular weight excluding hydrogens is 290 g/mol. The molecular formula is C14H21N3O3S. The summed E-state index contributed by atoms with van der Waals surface area (Å²) in [5, 5.41) is 8.48. The van der Waals surface area contributed by atoms with Gasteiger partial charge in [-0.1, -0.05) is 0 Å². The van der Waals surface area contributed by atoms with Crippen molar-refractivity contribution in [2.75, 3.05) is 39.3 Å². The molecule has 0 bridgehead atoms. The highest BCUT2D eigenvalue weighted by atomic mass is 32.2. The second kappa shape index (κ2) is 5.92. The highest BCUT2D eigenvalue weighted by molar-refractivity contribution is 7.89. The molecule has 2 aliphatic heterocycles. The van der Waals surface area contributed by atoms with Crippen molar-refractivity contribution in [2.45, 2.75) is 4.90 Å². The third-order valence-electron chi connectivity index (χ3n) is 4.29. The second-order valence-electron chi connectivity index (χ2n) is 5.80. The largest absolute Gasteiger partial charge is 0.492 e. The van der Waals surface area contributed by atoms with E-state index in [9.17, 15) is 8.42 Å². The first kappa shape index (κ1) is 14.8. The van der Waals surface area contributed by atoms with E-state index in [2.05, 4.69) is 10.2 Å². The number of benzene rings is 1. The Labute approximate surface area is 125 Å². The van der Waals surface area contributed by atoms with Crippen LogP contribution in [-0.2, 0) is 10.0 Å². The number of primary sulfonamides is 1. The van der Waals surface area contributed by atoms with Crippen LogP contribution in [0.2, 0.25) is 0 Å². The Kier molecular flexibility index (Phi) is 4.17. The van der Waals surface area contributed by atoms with Gasteiger partial charge in [-0.2, -0.15) is 0 Å². The van der Waals surface area contributed by atoms with Crippen LogP contribution in [0.25, 0.3) is 0 Å². The second-order valence-corrected chi connectivity index (χ2v) is 7.36. The molecule has 3 rings (SSSR count). The zero-order valence-corrected chi connectivity index (χ0v) is 12.7. The number of fused-ring (bicyclic) bond motifs is 1. The molecule has 0 aliphatic carbocycles. The van der Waals surface area contributed by atoms with Gasteiger partial charge in [0.05, 0.1) is 4.90 Å². The summed E-state index contributed by atoms with van der Waals surface area (Å²) in [4.78, 5) is 2.55. The molecule has 3 N–H and O–H groups in total. The first-order valence-electron chi connectivity index (χ1n) is 7.21. The van der Waals surface area contributed by atoms with Gasteiger partial charge in [-0.3, -0.25) is 4.90 Å². The van der Waals surface area contributed by atoms with Gasteiger partial charge in [-0.15, -0.1) is 0 Å². The summed E-state index contributed by atoms with van der Waals surface area (Å²) < 4.78 is 28.0. The number of ether oxygens (including phenoxy) is 1. The van der Waals surface area contributed by atoms with Crippen molar-refractivity contribution in [2.24, 2.45) is 17.0 Å². The summed E-state index contributed by atoms with van der Waals surface area (Å²) in [5.41, 5.74) is 0. The van der Waals surface area contributed by atoms with E-state index >= 15 is 0 Å². The molecule has 2 heterocycles. The molecule has 0 spiro atoms. The minimum absolute atomic E-state index is 0.106. The van der Waals surface area contributed by atoms with E-state index in [0.717, 1.165) is 44.6 Å². The fourth-order valence-electron chi connectivity index (χ4n) is 3.15. The van der Waals surface area contributed by atoms with Gasteiger partial charge >= 0.3 is 0 Å². The van der Waals surface area contributed by atoms with Gasteiger partial charge in [0.15, 0.2) is 0 Å². The number of nitrogens with zero attached hydrogens (tertiary/aromatic N) is 1. The maximum atomic E-state index is 11.2. The van der Waals surface area contributed by atoms with E-state index < -0.39 is 10.0 Å². The summed E-state index contributed by atoms with van der Waals surface area (Å²) in [6.45, 7) is 6.08. The van der Waals surface area contributed by atoms with Crippen LogP contribution in [0.1, 0.15) is 0 Å². The van der Waals surface area contributed by atoms with Crippen molar-refractivity contribution in [3.05, 3.63) is 24.3 Å². The molecule has 2 atom stereocenters. The number of rotatable bonds is 5. The van der Waals surface area contributed by atoms with Crippen LogP contribution in [0.15, 0.2) is 29.2 Å². The highest BCUT2D eigenvalue weighted by Gasteiger charge is 2.35. The van der Waals surface area contributed by atoms with E-state index in [-0.39, 0.29) is 4.90 Å². The maximum absolute atomic E-state index is 11.2. The quantitative estimate of drug-likeness (QED) is 0.791. The predicted molar refractivity (Wildman–Crippen MR) is 79.6 cm³/mol. The third-order valence-corrected chi connectivity index (χ3v) is 5.22. The molecule has 7 heteroatoms. The van der Waals surface area contributed by atoms with Crippen LogP contribution >= 0.6 is 0 Å². The summed E-state index contributed by atoms with van der Waals surface area (Å²) in [7, 11) is -3.63. The molecule has 1 aromatic rings. The molecule has 0 aromatic heterocycles. The van der Waals surface area contributed by atoms with Crippen LogP contribution in [0, 0.1) is 11.8 Å². The average Bonchev–Trinajstić information content (AvgIpc) is 2.99. The number of nitrogens with one attached hydrogen (secondary N) is 1. The van der Waals surface area contributed by atoms with Gasteiger partial charge in [0.1, 0.15) is 12.4 Å². The van der Waals surface area contributed by atoms with Gasteiger partial charge in [0, 0.05) is 19.6 Å². The first-order chi connectivity index (χ1) is 10.0. The number of hydrogen-bond donors (Lipinski definition) is 2. The normalized spacial score (nSPS) is 26.0. The van der Waals surface area contributed by atoms with Crippen molar-refractivity contribution < 1.29 is 13.2 Å². The van der Waals surface area contributed by atoms with E-state index in [1.807, 2.05) is 0 Å². The highest BCUT2D eigenvalue weighted by Crippen LogP contribution is 2.25. The Balaban J connectivity index is 1.45. The molecule has 2 aliphatic rings. The molecule has 2 saturated heterocycles. The molecule has 6 nitrogen and oxygen atoms in total. The Hall–Kier alpha value is -1.15. The Morgan fingerprint density at radius 3 is 2.38 bits per heavy atom. The summed E-state index contributed by atoms with van der Waals surface area (Å²) in [5.74, 6) is 2.25. The number of sulfonamides is 1. The molecule has 0 saturated carbocycles. The lowest BCUT2D eigenvalue weighted by atomic mass is 10.0. The maximum Gasteiger partial charge on any atom is 0.238 e. The smallest absolute Gasteiger partial charge is 0.238 e. The summed E-state index contributed by atoms with van der Waals surface area (Å²) in [6, 6.07) is 6.22. The standard InChI is InChI=1S/C14H21N3O3S/c15-21(18,19)14-3-1-13(2-4-14)20-6-5-17-9-11-7-16-8-12(11)10-17/h1-4,11-12,16H,5-10H2,(H2,15,18,19)/t11-,12+.